The quantitative estimate of drug-likeness (QED) is 0.738. The van der Waals surface area contributed by atoms with Crippen molar-refractivity contribution < 1.29 is 23.8 Å². The van der Waals surface area contributed by atoms with Gasteiger partial charge in [0, 0.05) is 6.07 Å². The molecule has 1 aliphatic heterocycles. The van der Waals surface area contributed by atoms with Gasteiger partial charge in [0.2, 0.25) is 5.91 Å². The third kappa shape index (κ3) is 5.52. The highest BCUT2D eigenvalue weighted by atomic mass is 19.1. The summed E-state index contributed by atoms with van der Waals surface area (Å²) >= 11 is 0. The number of benzene rings is 1. The number of likely N-dealkylation sites (tertiary alicyclic amines) is 1. The molecule has 1 amide bonds. The molecule has 0 spiro atoms. The van der Waals surface area contributed by atoms with Crippen molar-refractivity contribution in [3.8, 4) is 5.75 Å². The molecule has 0 aliphatic carbocycles. The molecule has 0 bridgehead atoms. The lowest BCUT2D eigenvalue weighted by Crippen LogP contribution is -2.49. The van der Waals surface area contributed by atoms with E-state index in [0.29, 0.717) is 18.7 Å². The zero-order chi connectivity index (χ0) is 16.7. The summed E-state index contributed by atoms with van der Waals surface area (Å²) in [6, 6.07) is 5.19. The first-order chi connectivity index (χ1) is 11.1. The minimum atomic E-state index is -0.882. The maximum absolute atomic E-state index is 13.0. The molecule has 0 saturated carbocycles. The Bertz CT molecular complexity index is 553. The van der Waals surface area contributed by atoms with Crippen LogP contribution in [0.5, 0.6) is 5.75 Å². The number of hydrogen-bond acceptors (Lipinski definition) is 4. The van der Waals surface area contributed by atoms with E-state index >= 15 is 0 Å². The molecule has 2 rings (SSSR count). The summed E-state index contributed by atoms with van der Waals surface area (Å²) in [5, 5.41) is 11.8. The molecule has 1 unspecified atom stereocenters. The summed E-state index contributed by atoms with van der Waals surface area (Å²) in [4.78, 5) is 24.7. The van der Waals surface area contributed by atoms with E-state index in [1.165, 1.54) is 12.1 Å². The summed E-state index contributed by atoms with van der Waals surface area (Å²) in [6.45, 7) is 1.18. The summed E-state index contributed by atoms with van der Waals surface area (Å²) in [5.74, 6) is -1.09. The van der Waals surface area contributed by atoms with Crippen LogP contribution in [0.2, 0.25) is 0 Å². The van der Waals surface area contributed by atoms with Crippen LogP contribution in [0.1, 0.15) is 19.3 Å². The first-order valence-electron chi connectivity index (χ1n) is 7.68. The second kappa shape index (κ2) is 8.47. The minimum Gasteiger partial charge on any atom is -0.492 e. The Morgan fingerprint density at radius 3 is 2.96 bits per heavy atom. The van der Waals surface area contributed by atoms with Crippen molar-refractivity contribution in [2.45, 2.75) is 25.3 Å². The molecule has 1 aliphatic rings. The second-order valence-electron chi connectivity index (χ2n) is 5.48. The number of nitrogens with zero attached hydrogens (tertiary/aromatic N) is 1. The number of carbonyl (C=O) groups is 2. The Balaban J connectivity index is 1.69. The maximum Gasteiger partial charge on any atom is 0.320 e. The molecular formula is C16H21FN2O4. The fourth-order valence-corrected chi connectivity index (χ4v) is 2.62. The molecule has 23 heavy (non-hydrogen) atoms. The summed E-state index contributed by atoms with van der Waals surface area (Å²) in [6.07, 6.45) is 2.35. The van der Waals surface area contributed by atoms with Crippen LogP contribution in [0.3, 0.4) is 0 Å². The van der Waals surface area contributed by atoms with Gasteiger partial charge in [-0.25, -0.2) is 4.39 Å². The molecule has 1 heterocycles. The van der Waals surface area contributed by atoms with Gasteiger partial charge in [-0.15, -0.1) is 0 Å². The molecule has 1 aromatic rings. The molecular weight excluding hydrogens is 303 g/mol. The number of amides is 1. The topological polar surface area (TPSA) is 78.9 Å². The van der Waals surface area contributed by atoms with E-state index in [-0.39, 0.29) is 31.4 Å². The Hall–Kier alpha value is -2.15. The van der Waals surface area contributed by atoms with Gasteiger partial charge < -0.3 is 15.2 Å². The number of halogens is 1. The molecule has 1 aromatic carbocycles. The number of carbonyl (C=O) groups excluding carboxylic acids is 1. The van der Waals surface area contributed by atoms with E-state index in [4.69, 9.17) is 9.84 Å². The van der Waals surface area contributed by atoms with Crippen molar-refractivity contribution in [3.05, 3.63) is 30.1 Å². The monoisotopic (exact) mass is 324 g/mol. The summed E-state index contributed by atoms with van der Waals surface area (Å²) in [7, 11) is 0. The molecule has 1 atom stereocenters. The average molecular weight is 324 g/mol. The fraction of sp³-hybridized carbons (Fsp3) is 0.500. The maximum atomic E-state index is 13.0. The van der Waals surface area contributed by atoms with Gasteiger partial charge in [0.25, 0.3) is 0 Å². The summed E-state index contributed by atoms with van der Waals surface area (Å²) < 4.78 is 18.3. The Morgan fingerprint density at radius 2 is 2.22 bits per heavy atom. The molecule has 7 heteroatoms. The highest BCUT2D eigenvalue weighted by molar-refractivity contribution is 5.80. The molecule has 2 N–H and O–H groups in total. The van der Waals surface area contributed by atoms with Crippen molar-refractivity contribution in [3.63, 3.8) is 0 Å². The van der Waals surface area contributed by atoms with E-state index in [1.54, 1.807) is 17.0 Å². The Morgan fingerprint density at radius 1 is 1.39 bits per heavy atom. The van der Waals surface area contributed by atoms with Crippen LogP contribution in [0.25, 0.3) is 0 Å². The third-order valence-corrected chi connectivity index (χ3v) is 3.73. The Labute approximate surface area is 134 Å². The van der Waals surface area contributed by atoms with Gasteiger partial charge in [-0.05, 0) is 31.5 Å². The summed E-state index contributed by atoms with van der Waals surface area (Å²) in [5.41, 5.74) is 0. The highest BCUT2D eigenvalue weighted by Crippen LogP contribution is 2.16. The van der Waals surface area contributed by atoms with E-state index in [2.05, 4.69) is 5.32 Å². The third-order valence-electron chi connectivity index (χ3n) is 3.73. The Kier molecular flexibility index (Phi) is 6.34. The first kappa shape index (κ1) is 17.2. The van der Waals surface area contributed by atoms with Gasteiger partial charge in [-0.1, -0.05) is 12.5 Å². The van der Waals surface area contributed by atoms with Gasteiger partial charge in [0.1, 0.15) is 24.2 Å². The lowest BCUT2D eigenvalue weighted by Gasteiger charge is -2.32. The SMILES string of the molecule is O=C(CN1CCCCC1C(=O)O)NCCOc1cccc(F)c1. The standard InChI is InChI=1S/C16H21FN2O4/c17-12-4-3-5-13(10-12)23-9-7-18-15(20)11-19-8-2-1-6-14(19)16(21)22/h3-5,10,14H,1-2,6-9,11H2,(H,18,20)(H,21,22). The molecule has 0 aromatic heterocycles. The van der Waals surface area contributed by atoms with Crippen LogP contribution in [0, 0.1) is 5.82 Å². The van der Waals surface area contributed by atoms with E-state index < -0.39 is 12.0 Å². The molecule has 126 valence electrons. The number of carboxylic acid groups (broad SMARTS) is 1. The van der Waals surface area contributed by atoms with Crippen LogP contribution in [-0.2, 0) is 9.59 Å². The average Bonchev–Trinajstić information content (AvgIpc) is 2.52. The van der Waals surface area contributed by atoms with Crippen LogP contribution < -0.4 is 10.1 Å². The molecule has 0 radical (unpaired) electrons. The van der Waals surface area contributed by atoms with Crippen molar-refractivity contribution >= 4 is 11.9 Å². The smallest absolute Gasteiger partial charge is 0.320 e. The zero-order valence-corrected chi connectivity index (χ0v) is 12.8. The second-order valence-corrected chi connectivity index (χ2v) is 5.48. The fourth-order valence-electron chi connectivity index (χ4n) is 2.62. The van der Waals surface area contributed by atoms with Crippen LogP contribution in [0.4, 0.5) is 4.39 Å². The minimum absolute atomic E-state index is 0.0664. The molecule has 1 saturated heterocycles. The number of nitrogens with one attached hydrogen (secondary N) is 1. The van der Waals surface area contributed by atoms with Gasteiger partial charge in [-0.2, -0.15) is 0 Å². The van der Waals surface area contributed by atoms with Crippen molar-refractivity contribution in [2.24, 2.45) is 0 Å². The molecule has 6 nitrogen and oxygen atoms in total. The van der Waals surface area contributed by atoms with E-state index in [0.717, 1.165) is 12.8 Å². The van der Waals surface area contributed by atoms with E-state index in [1.807, 2.05) is 0 Å². The number of ether oxygens (including phenoxy) is 1. The van der Waals surface area contributed by atoms with Gasteiger partial charge in [0.15, 0.2) is 0 Å². The van der Waals surface area contributed by atoms with Crippen LogP contribution in [0.15, 0.2) is 24.3 Å². The number of piperidine rings is 1. The normalized spacial score (nSPS) is 18.4. The highest BCUT2D eigenvalue weighted by Gasteiger charge is 2.29. The largest absolute Gasteiger partial charge is 0.492 e. The van der Waals surface area contributed by atoms with Gasteiger partial charge in [-0.3, -0.25) is 14.5 Å². The lowest BCUT2D eigenvalue weighted by atomic mass is 10.0. The molecule has 1 fully saturated rings. The number of carboxylic acids is 1. The van der Waals surface area contributed by atoms with Crippen molar-refractivity contribution in [1.82, 2.24) is 10.2 Å². The number of aliphatic carboxylic acids is 1. The number of hydrogen-bond donors (Lipinski definition) is 2. The van der Waals surface area contributed by atoms with Crippen LogP contribution >= 0.6 is 0 Å². The number of rotatable bonds is 7. The zero-order valence-electron chi connectivity index (χ0n) is 12.8. The van der Waals surface area contributed by atoms with Crippen LogP contribution in [-0.4, -0.2) is 54.2 Å². The predicted octanol–water partition coefficient (Wildman–Crippen LogP) is 1.26. The van der Waals surface area contributed by atoms with Crippen molar-refractivity contribution in [2.75, 3.05) is 26.2 Å². The van der Waals surface area contributed by atoms with E-state index in [9.17, 15) is 14.0 Å². The first-order valence-corrected chi connectivity index (χ1v) is 7.68. The van der Waals surface area contributed by atoms with Gasteiger partial charge in [0.05, 0.1) is 13.1 Å². The lowest BCUT2D eigenvalue weighted by molar-refractivity contribution is -0.145. The van der Waals surface area contributed by atoms with Crippen molar-refractivity contribution in [1.29, 1.82) is 0 Å². The van der Waals surface area contributed by atoms with Gasteiger partial charge >= 0.3 is 5.97 Å². The predicted molar refractivity (Wildman–Crippen MR) is 81.8 cm³/mol.